The Bertz CT molecular complexity index is 366. The Morgan fingerprint density at radius 2 is 2.06 bits per heavy atom. The fourth-order valence-corrected chi connectivity index (χ4v) is 2.20. The SMILES string of the molecule is CCC(NCCOC)C(O)c1ccc(C)cc1C. The van der Waals surface area contributed by atoms with Crippen molar-refractivity contribution in [3.05, 3.63) is 34.9 Å². The minimum absolute atomic E-state index is 0.0709. The van der Waals surface area contributed by atoms with Crippen LogP contribution in [0.25, 0.3) is 0 Å². The Balaban J connectivity index is 2.73. The molecule has 3 nitrogen and oxygen atoms in total. The number of benzene rings is 1. The third-order valence-corrected chi connectivity index (χ3v) is 3.28. The quantitative estimate of drug-likeness (QED) is 0.731. The van der Waals surface area contributed by atoms with Crippen LogP contribution in [-0.2, 0) is 4.74 Å². The minimum Gasteiger partial charge on any atom is -0.387 e. The lowest BCUT2D eigenvalue weighted by atomic mass is 9.95. The van der Waals surface area contributed by atoms with E-state index in [1.54, 1.807) is 7.11 Å². The van der Waals surface area contributed by atoms with Gasteiger partial charge in [0.05, 0.1) is 12.7 Å². The summed E-state index contributed by atoms with van der Waals surface area (Å²) >= 11 is 0. The topological polar surface area (TPSA) is 41.5 Å². The van der Waals surface area contributed by atoms with Crippen LogP contribution in [0.4, 0.5) is 0 Å². The number of aliphatic hydroxyl groups excluding tert-OH is 1. The summed E-state index contributed by atoms with van der Waals surface area (Å²) in [5.74, 6) is 0. The Morgan fingerprint density at radius 3 is 2.61 bits per heavy atom. The van der Waals surface area contributed by atoms with E-state index in [4.69, 9.17) is 4.74 Å². The van der Waals surface area contributed by atoms with E-state index in [1.165, 1.54) is 5.56 Å². The molecule has 0 saturated carbocycles. The van der Waals surface area contributed by atoms with Gasteiger partial charge < -0.3 is 15.2 Å². The van der Waals surface area contributed by atoms with Crippen molar-refractivity contribution in [2.24, 2.45) is 0 Å². The maximum atomic E-state index is 10.4. The molecular formula is C15H25NO2. The molecule has 0 saturated heterocycles. The molecule has 0 heterocycles. The van der Waals surface area contributed by atoms with Crippen molar-refractivity contribution in [3.63, 3.8) is 0 Å². The van der Waals surface area contributed by atoms with Crippen LogP contribution in [0, 0.1) is 13.8 Å². The first kappa shape index (κ1) is 15.2. The van der Waals surface area contributed by atoms with Crippen molar-refractivity contribution < 1.29 is 9.84 Å². The largest absolute Gasteiger partial charge is 0.387 e. The predicted molar refractivity (Wildman–Crippen MR) is 74.8 cm³/mol. The van der Waals surface area contributed by atoms with E-state index in [2.05, 4.69) is 25.2 Å². The normalized spacial score (nSPS) is 14.5. The van der Waals surface area contributed by atoms with E-state index in [1.807, 2.05) is 19.1 Å². The Labute approximate surface area is 110 Å². The van der Waals surface area contributed by atoms with Crippen LogP contribution in [0.15, 0.2) is 18.2 Å². The highest BCUT2D eigenvalue weighted by atomic mass is 16.5. The zero-order chi connectivity index (χ0) is 13.5. The van der Waals surface area contributed by atoms with E-state index in [0.717, 1.165) is 24.1 Å². The first-order chi connectivity index (χ1) is 8.60. The lowest BCUT2D eigenvalue weighted by Crippen LogP contribution is -2.36. The average Bonchev–Trinajstić information content (AvgIpc) is 2.34. The summed E-state index contributed by atoms with van der Waals surface area (Å²) in [4.78, 5) is 0. The highest BCUT2D eigenvalue weighted by Gasteiger charge is 2.20. The Kier molecular flexibility index (Phi) is 6.33. The maximum absolute atomic E-state index is 10.4. The van der Waals surface area contributed by atoms with E-state index in [-0.39, 0.29) is 6.04 Å². The van der Waals surface area contributed by atoms with E-state index in [9.17, 15) is 5.11 Å². The molecule has 3 heteroatoms. The third-order valence-electron chi connectivity index (χ3n) is 3.28. The van der Waals surface area contributed by atoms with E-state index < -0.39 is 6.10 Å². The molecule has 0 radical (unpaired) electrons. The molecule has 1 aromatic rings. The number of aliphatic hydroxyl groups is 1. The van der Waals surface area contributed by atoms with Crippen LogP contribution < -0.4 is 5.32 Å². The molecule has 0 aliphatic carbocycles. The van der Waals surface area contributed by atoms with Gasteiger partial charge in [0.15, 0.2) is 0 Å². The summed E-state index contributed by atoms with van der Waals surface area (Å²) < 4.78 is 5.02. The molecule has 2 atom stereocenters. The number of ether oxygens (including phenoxy) is 1. The lowest BCUT2D eigenvalue weighted by Gasteiger charge is -2.24. The molecule has 0 aromatic heterocycles. The van der Waals surface area contributed by atoms with Gasteiger partial charge in [-0.3, -0.25) is 0 Å². The number of hydrogen-bond donors (Lipinski definition) is 2. The van der Waals surface area contributed by atoms with Crippen molar-refractivity contribution in [1.29, 1.82) is 0 Å². The Morgan fingerprint density at radius 1 is 1.33 bits per heavy atom. The fourth-order valence-electron chi connectivity index (χ4n) is 2.20. The van der Waals surface area contributed by atoms with Gasteiger partial charge in [-0.25, -0.2) is 0 Å². The smallest absolute Gasteiger partial charge is 0.0945 e. The van der Waals surface area contributed by atoms with Gasteiger partial charge in [-0.15, -0.1) is 0 Å². The predicted octanol–water partition coefficient (Wildman–Crippen LogP) is 2.35. The molecule has 0 bridgehead atoms. The molecule has 18 heavy (non-hydrogen) atoms. The van der Waals surface area contributed by atoms with Crippen LogP contribution >= 0.6 is 0 Å². The molecule has 1 aromatic carbocycles. The molecule has 0 amide bonds. The second kappa shape index (κ2) is 7.52. The van der Waals surface area contributed by atoms with Crippen molar-refractivity contribution >= 4 is 0 Å². The minimum atomic E-state index is -0.465. The van der Waals surface area contributed by atoms with Gasteiger partial charge in [0.25, 0.3) is 0 Å². The maximum Gasteiger partial charge on any atom is 0.0945 e. The monoisotopic (exact) mass is 251 g/mol. The number of hydrogen-bond acceptors (Lipinski definition) is 3. The molecule has 1 rings (SSSR count). The molecule has 0 aliphatic rings. The number of rotatable bonds is 7. The van der Waals surface area contributed by atoms with Gasteiger partial charge >= 0.3 is 0 Å². The summed E-state index contributed by atoms with van der Waals surface area (Å²) in [5, 5.41) is 13.8. The van der Waals surface area contributed by atoms with Crippen LogP contribution in [0.2, 0.25) is 0 Å². The molecule has 2 N–H and O–H groups in total. The second-order valence-corrected chi connectivity index (χ2v) is 4.77. The van der Waals surface area contributed by atoms with Crippen molar-refractivity contribution in [1.82, 2.24) is 5.32 Å². The molecule has 0 fully saturated rings. The molecule has 0 spiro atoms. The van der Waals surface area contributed by atoms with Crippen LogP contribution in [0.5, 0.6) is 0 Å². The second-order valence-electron chi connectivity index (χ2n) is 4.77. The standard InChI is InChI=1S/C15H25NO2/c1-5-14(16-8-9-18-4)15(17)13-7-6-11(2)10-12(13)3/h6-7,10,14-17H,5,8-9H2,1-4H3. The van der Waals surface area contributed by atoms with Crippen molar-refractivity contribution in [2.75, 3.05) is 20.3 Å². The van der Waals surface area contributed by atoms with Gasteiger partial charge in [0.1, 0.15) is 0 Å². The van der Waals surface area contributed by atoms with Crippen molar-refractivity contribution in [2.45, 2.75) is 39.3 Å². The van der Waals surface area contributed by atoms with Gasteiger partial charge in [-0.2, -0.15) is 0 Å². The zero-order valence-electron chi connectivity index (χ0n) is 11.9. The van der Waals surface area contributed by atoms with Gasteiger partial charge in [-0.05, 0) is 31.4 Å². The number of methoxy groups -OCH3 is 1. The molecule has 102 valence electrons. The summed E-state index contributed by atoms with van der Waals surface area (Å²) in [6.07, 6.45) is 0.422. The van der Waals surface area contributed by atoms with Crippen molar-refractivity contribution in [3.8, 4) is 0 Å². The highest BCUT2D eigenvalue weighted by molar-refractivity contribution is 5.32. The van der Waals surface area contributed by atoms with Crippen LogP contribution in [-0.4, -0.2) is 31.4 Å². The van der Waals surface area contributed by atoms with E-state index in [0.29, 0.717) is 6.61 Å². The van der Waals surface area contributed by atoms with Gasteiger partial charge in [-0.1, -0.05) is 30.7 Å². The fraction of sp³-hybridized carbons (Fsp3) is 0.600. The first-order valence-electron chi connectivity index (χ1n) is 6.57. The zero-order valence-corrected chi connectivity index (χ0v) is 11.9. The summed E-state index contributed by atoms with van der Waals surface area (Å²) in [6.45, 7) is 7.62. The highest BCUT2D eigenvalue weighted by Crippen LogP contribution is 2.23. The Hall–Kier alpha value is -0.900. The summed E-state index contributed by atoms with van der Waals surface area (Å²) in [5.41, 5.74) is 3.38. The lowest BCUT2D eigenvalue weighted by molar-refractivity contribution is 0.117. The molecular weight excluding hydrogens is 226 g/mol. The molecule has 0 aliphatic heterocycles. The van der Waals surface area contributed by atoms with E-state index >= 15 is 0 Å². The average molecular weight is 251 g/mol. The third kappa shape index (κ3) is 4.09. The van der Waals surface area contributed by atoms with Crippen LogP contribution in [0.3, 0.4) is 0 Å². The number of nitrogens with one attached hydrogen (secondary N) is 1. The van der Waals surface area contributed by atoms with Gasteiger partial charge in [0, 0.05) is 19.7 Å². The molecule has 2 unspecified atom stereocenters. The summed E-state index contributed by atoms with van der Waals surface area (Å²) in [6, 6.07) is 6.26. The first-order valence-corrected chi connectivity index (χ1v) is 6.57. The van der Waals surface area contributed by atoms with Crippen LogP contribution in [0.1, 0.15) is 36.1 Å². The van der Waals surface area contributed by atoms with Gasteiger partial charge in [0.2, 0.25) is 0 Å². The summed E-state index contributed by atoms with van der Waals surface area (Å²) in [7, 11) is 1.68. The number of aryl methyl sites for hydroxylation is 2.